The standard InChI is InChI=1S/C11H19ClN2OS/c1-11(2,15-3)7-8(14-13)6-9-4-5-10(12)16-9/h4-5,8,14H,6-7,13H2,1-3H3. The summed E-state index contributed by atoms with van der Waals surface area (Å²) >= 11 is 7.48. The van der Waals surface area contributed by atoms with Gasteiger partial charge in [0.2, 0.25) is 0 Å². The second-order valence-corrected chi connectivity index (χ2v) is 6.24. The first-order valence-electron chi connectivity index (χ1n) is 5.22. The van der Waals surface area contributed by atoms with Gasteiger partial charge in [0.05, 0.1) is 9.94 Å². The normalized spacial score (nSPS) is 14.1. The van der Waals surface area contributed by atoms with Gasteiger partial charge >= 0.3 is 0 Å². The average molecular weight is 263 g/mol. The summed E-state index contributed by atoms with van der Waals surface area (Å²) in [6.45, 7) is 4.11. The van der Waals surface area contributed by atoms with Gasteiger partial charge in [0.1, 0.15) is 0 Å². The Morgan fingerprint density at radius 1 is 1.56 bits per heavy atom. The minimum absolute atomic E-state index is 0.169. The van der Waals surface area contributed by atoms with E-state index in [2.05, 4.69) is 19.3 Å². The van der Waals surface area contributed by atoms with Crippen LogP contribution in [0.2, 0.25) is 4.34 Å². The number of rotatable bonds is 6. The lowest BCUT2D eigenvalue weighted by molar-refractivity contribution is 0.00717. The lowest BCUT2D eigenvalue weighted by atomic mass is 9.97. The van der Waals surface area contributed by atoms with Crippen molar-refractivity contribution in [2.75, 3.05) is 7.11 Å². The molecule has 0 aliphatic rings. The fourth-order valence-electron chi connectivity index (χ4n) is 1.57. The molecule has 0 aliphatic heterocycles. The van der Waals surface area contributed by atoms with Crippen LogP contribution in [0.1, 0.15) is 25.1 Å². The lowest BCUT2D eigenvalue weighted by Gasteiger charge is -2.27. The van der Waals surface area contributed by atoms with Crippen molar-refractivity contribution >= 4 is 22.9 Å². The zero-order valence-corrected chi connectivity index (χ0v) is 11.5. The summed E-state index contributed by atoms with van der Waals surface area (Å²) in [6.07, 6.45) is 1.73. The van der Waals surface area contributed by atoms with Gasteiger partial charge in [-0.2, -0.15) is 0 Å². The van der Waals surface area contributed by atoms with Crippen LogP contribution < -0.4 is 11.3 Å². The molecule has 0 fully saturated rings. The average Bonchev–Trinajstić information content (AvgIpc) is 2.63. The van der Waals surface area contributed by atoms with Crippen molar-refractivity contribution in [3.8, 4) is 0 Å². The molecule has 1 heterocycles. The fraction of sp³-hybridized carbons (Fsp3) is 0.636. The summed E-state index contributed by atoms with van der Waals surface area (Å²) < 4.78 is 6.21. The van der Waals surface area contributed by atoms with E-state index in [0.717, 1.165) is 17.2 Å². The van der Waals surface area contributed by atoms with Crippen molar-refractivity contribution in [2.24, 2.45) is 5.84 Å². The number of nitrogens with two attached hydrogens (primary N) is 1. The Kier molecular flexibility index (Phi) is 5.21. The van der Waals surface area contributed by atoms with Crippen LogP contribution in [0.15, 0.2) is 12.1 Å². The maximum absolute atomic E-state index is 5.89. The minimum atomic E-state index is -0.169. The van der Waals surface area contributed by atoms with Crippen molar-refractivity contribution in [3.63, 3.8) is 0 Å². The Labute approximate surface area is 106 Å². The first-order chi connectivity index (χ1) is 7.46. The van der Waals surface area contributed by atoms with E-state index in [1.54, 1.807) is 18.4 Å². The molecule has 1 rings (SSSR count). The maximum atomic E-state index is 5.89. The quantitative estimate of drug-likeness (QED) is 0.612. The van der Waals surface area contributed by atoms with E-state index in [1.165, 1.54) is 4.88 Å². The largest absolute Gasteiger partial charge is 0.379 e. The van der Waals surface area contributed by atoms with Gasteiger partial charge in [0, 0.05) is 18.0 Å². The van der Waals surface area contributed by atoms with Crippen molar-refractivity contribution in [1.82, 2.24) is 5.43 Å². The first kappa shape index (κ1) is 13.9. The van der Waals surface area contributed by atoms with Crippen LogP contribution in [0.25, 0.3) is 0 Å². The molecule has 1 aromatic rings. The molecule has 0 amide bonds. The van der Waals surface area contributed by atoms with Crippen molar-refractivity contribution in [2.45, 2.75) is 38.3 Å². The summed E-state index contributed by atoms with van der Waals surface area (Å²) in [7, 11) is 1.72. The molecule has 16 heavy (non-hydrogen) atoms. The molecule has 0 spiro atoms. The zero-order valence-electron chi connectivity index (χ0n) is 9.92. The lowest BCUT2D eigenvalue weighted by Crippen LogP contribution is -2.42. The molecule has 0 aliphatic carbocycles. The number of hydrazine groups is 1. The van der Waals surface area contributed by atoms with Crippen LogP contribution in [-0.2, 0) is 11.2 Å². The van der Waals surface area contributed by atoms with E-state index in [9.17, 15) is 0 Å². The van der Waals surface area contributed by atoms with Crippen molar-refractivity contribution in [3.05, 3.63) is 21.3 Å². The van der Waals surface area contributed by atoms with E-state index in [4.69, 9.17) is 22.2 Å². The number of nitrogens with one attached hydrogen (secondary N) is 1. The second-order valence-electron chi connectivity index (χ2n) is 4.44. The summed E-state index contributed by atoms with van der Waals surface area (Å²) in [6, 6.07) is 4.15. The van der Waals surface area contributed by atoms with Crippen LogP contribution in [0, 0.1) is 0 Å². The summed E-state index contributed by atoms with van der Waals surface area (Å²) in [4.78, 5) is 1.24. The summed E-state index contributed by atoms with van der Waals surface area (Å²) in [5.41, 5.74) is 2.67. The van der Waals surface area contributed by atoms with Gasteiger partial charge in [-0.05, 0) is 38.8 Å². The van der Waals surface area contributed by atoms with Crippen LogP contribution in [0.5, 0.6) is 0 Å². The highest BCUT2D eigenvalue weighted by Crippen LogP contribution is 2.24. The molecule has 1 aromatic heterocycles. The third-order valence-electron chi connectivity index (χ3n) is 2.60. The number of hydrogen-bond acceptors (Lipinski definition) is 4. The van der Waals surface area contributed by atoms with E-state index in [0.29, 0.717) is 0 Å². The zero-order chi connectivity index (χ0) is 12.2. The monoisotopic (exact) mass is 262 g/mol. The summed E-state index contributed by atoms with van der Waals surface area (Å²) in [5, 5.41) is 0. The highest BCUT2D eigenvalue weighted by Gasteiger charge is 2.22. The SMILES string of the molecule is COC(C)(C)CC(Cc1ccc(Cl)s1)NN. The molecular weight excluding hydrogens is 244 g/mol. The molecule has 0 saturated heterocycles. The molecule has 0 bridgehead atoms. The Bertz CT molecular complexity index is 328. The second kappa shape index (κ2) is 5.98. The molecular formula is C11H19ClN2OS. The Balaban J connectivity index is 2.55. The molecule has 0 radical (unpaired) electrons. The topological polar surface area (TPSA) is 47.3 Å². The number of ether oxygens (including phenoxy) is 1. The van der Waals surface area contributed by atoms with Crippen molar-refractivity contribution in [1.29, 1.82) is 0 Å². The highest BCUT2D eigenvalue weighted by atomic mass is 35.5. The molecule has 1 unspecified atom stereocenters. The number of hydrogen-bond donors (Lipinski definition) is 2. The molecule has 5 heteroatoms. The van der Waals surface area contributed by atoms with Gasteiger partial charge in [-0.3, -0.25) is 11.3 Å². The van der Waals surface area contributed by atoms with E-state index in [-0.39, 0.29) is 11.6 Å². The summed E-state index contributed by atoms with van der Waals surface area (Å²) in [5.74, 6) is 5.56. The van der Waals surface area contributed by atoms with Crippen LogP contribution in [0.3, 0.4) is 0 Å². The maximum Gasteiger partial charge on any atom is 0.0931 e. The van der Waals surface area contributed by atoms with E-state index < -0.39 is 0 Å². The minimum Gasteiger partial charge on any atom is -0.379 e. The van der Waals surface area contributed by atoms with Gasteiger partial charge in [0.15, 0.2) is 0 Å². The Morgan fingerprint density at radius 2 is 2.25 bits per heavy atom. The number of methoxy groups -OCH3 is 1. The predicted molar refractivity (Wildman–Crippen MR) is 69.8 cm³/mol. The van der Waals surface area contributed by atoms with Crippen LogP contribution in [0.4, 0.5) is 0 Å². The van der Waals surface area contributed by atoms with Gasteiger partial charge in [-0.15, -0.1) is 11.3 Å². The molecule has 0 aromatic carbocycles. The molecule has 92 valence electrons. The number of thiophene rings is 1. The third kappa shape index (κ3) is 4.39. The van der Waals surface area contributed by atoms with Crippen molar-refractivity contribution < 1.29 is 4.74 Å². The molecule has 1 atom stereocenters. The number of halogens is 1. The first-order valence-corrected chi connectivity index (χ1v) is 6.42. The molecule has 3 nitrogen and oxygen atoms in total. The van der Waals surface area contributed by atoms with E-state index in [1.807, 2.05) is 12.1 Å². The molecule has 3 N–H and O–H groups in total. The van der Waals surface area contributed by atoms with Gasteiger partial charge in [-0.25, -0.2) is 0 Å². The third-order valence-corrected chi connectivity index (χ3v) is 3.86. The Morgan fingerprint density at radius 3 is 2.69 bits per heavy atom. The van der Waals surface area contributed by atoms with E-state index >= 15 is 0 Å². The Hall–Kier alpha value is -0.130. The van der Waals surface area contributed by atoms with Gasteiger partial charge in [-0.1, -0.05) is 11.6 Å². The van der Waals surface area contributed by atoms with Gasteiger partial charge in [0.25, 0.3) is 0 Å². The van der Waals surface area contributed by atoms with Crippen LogP contribution in [-0.4, -0.2) is 18.8 Å². The van der Waals surface area contributed by atoms with Gasteiger partial charge < -0.3 is 4.74 Å². The smallest absolute Gasteiger partial charge is 0.0931 e. The predicted octanol–water partition coefficient (Wildman–Crippen LogP) is 2.59. The fourth-order valence-corrected chi connectivity index (χ4v) is 2.74. The molecule has 0 saturated carbocycles. The van der Waals surface area contributed by atoms with Crippen LogP contribution >= 0.6 is 22.9 Å². The highest BCUT2D eigenvalue weighted by molar-refractivity contribution is 7.16.